The van der Waals surface area contributed by atoms with E-state index in [4.69, 9.17) is 67.4 Å². The van der Waals surface area contributed by atoms with Gasteiger partial charge in [0.15, 0.2) is 18.9 Å². The fourth-order valence-corrected chi connectivity index (χ4v) is 6.08. The lowest BCUT2D eigenvalue weighted by atomic mass is 9.84. The van der Waals surface area contributed by atoms with Crippen molar-refractivity contribution in [2.75, 3.05) is 26.8 Å². The Morgan fingerprint density at radius 1 is 0.791 bits per heavy atom. The summed E-state index contributed by atoms with van der Waals surface area (Å²) in [5, 5.41) is 45.6. The van der Waals surface area contributed by atoms with Crippen molar-refractivity contribution in [1.29, 1.82) is 0 Å². The number of aliphatic hydroxyl groups excluding tert-OH is 4. The minimum Gasteiger partial charge on any atom is -0.394 e. The van der Waals surface area contributed by atoms with Crippen LogP contribution in [0.3, 0.4) is 0 Å². The molecule has 3 aliphatic heterocycles. The second-order valence-corrected chi connectivity index (χ2v) is 11.3. The van der Waals surface area contributed by atoms with Crippen LogP contribution in [0, 0.1) is 0 Å². The van der Waals surface area contributed by atoms with Crippen molar-refractivity contribution < 1.29 is 53.6 Å². The van der Waals surface area contributed by atoms with Gasteiger partial charge in [0.05, 0.1) is 24.8 Å². The summed E-state index contributed by atoms with van der Waals surface area (Å²) in [7, 11) is 1.43. The van der Waals surface area contributed by atoms with Gasteiger partial charge < -0.3 is 82.3 Å². The Hall–Kier alpha value is -1.33. The molecule has 4 rings (SSSR count). The number of ether oxygens (including phenoxy) is 7. The van der Waals surface area contributed by atoms with Crippen LogP contribution < -0.4 is 28.7 Å². The molecule has 1 saturated carbocycles. The van der Waals surface area contributed by atoms with Crippen molar-refractivity contribution in [3.63, 3.8) is 0 Å². The van der Waals surface area contributed by atoms with Crippen LogP contribution in [0.2, 0.25) is 0 Å². The summed E-state index contributed by atoms with van der Waals surface area (Å²) in [6, 6.07) is -3.14. The Morgan fingerprint density at radius 3 is 2.07 bits per heavy atom. The van der Waals surface area contributed by atoms with E-state index in [0.717, 1.165) is 0 Å². The van der Waals surface area contributed by atoms with Crippen LogP contribution in [0.4, 0.5) is 0 Å². The van der Waals surface area contributed by atoms with Crippen molar-refractivity contribution in [3.8, 4) is 0 Å². The van der Waals surface area contributed by atoms with Crippen LogP contribution >= 0.6 is 0 Å². The number of hydrogen-bond donors (Lipinski definition) is 9. The highest BCUT2D eigenvalue weighted by Gasteiger charge is 2.54. The third-order valence-corrected chi connectivity index (χ3v) is 8.52. The van der Waals surface area contributed by atoms with Gasteiger partial charge >= 0.3 is 0 Å². The van der Waals surface area contributed by atoms with E-state index in [2.05, 4.69) is 10.0 Å². The maximum atomic E-state index is 11.3. The standard InChI is InChI=1S/C24H46N8O11/c1-37-18-9(27)4-10(28)19(41-22-11(31-32-30)3-2-8(5-25)38-22)21(18)43-24-17(36)20(13(7-33)40-24)42-23-14(29)16(35)15(34)12(6-26)39-23/h8-24,33-36H,2-7,25-29H2,1H3/t8-,9+,10-,11+,12-,13+,14+,15+,16+,17+,18-,19+,20+,21+,22+,23+,24-/m0/s1. The van der Waals surface area contributed by atoms with Crippen molar-refractivity contribution in [3.05, 3.63) is 10.4 Å². The predicted octanol–water partition coefficient (Wildman–Crippen LogP) is -4.83. The molecule has 14 N–H and O–H groups in total. The number of nitrogens with two attached hydrogens (primary N) is 5. The van der Waals surface area contributed by atoms with E-state index >= 15 is 0 Å². The Bertz CT molecular complexity index is 938. The Labute approximate surface area is 248 Å². The molecule has 0 aromatic rings. The molecule has 0 amide bonds. The lowest BCUT2D eigenvalue weighted by Gasteiger charge is -2.46. The molecule has 0 aromatic heterocycles. The number of hydrogen-bond acceptors (Lipinski definition) is 17. The maximum absolute atomic E-state index is 11.3. The molecule has 0 bridgehead atoms. The summed E-state index contributed by atoms with van der Waals surface area (Å²) >= 11 is 0. The van der Waals surface area contributed by atoms with Gasteiger partial charge in [-0.25, -0.2) is 0 Å². The molecular weight excluding hydrogens is 576 g/mol. The van der Waals surface area contributed by atoms with Crippen LogP contribution in [0.25, 0.3) is 10.4 Å². The molecule has 4 aliphatic rings. The zero-order chi connectivity index (χ0) is 31.4. The molecule has 0 radical (unpaired) electrons. The lowest BCUT2D eigenvalue weighted by Crippen LogP contribution is -2.65. The SMILES string of the molecule is CO[C@@H]1[C@@H](O[C@@H]2O[C@H](CO)[C@@H](O[C@H]3O[C@@H](CN)[C@@H](O)[C@H](O)[C@H]3N)[C@H]2O)[C@H](O[C@H]2O[C@H](CN)CC[C@H]2N=[N+]=[N-])[C@@H](N)C[C@H]1N. The highest BCUT2D eigenvalue weighted by molar-refractivity contribution is 5.02. The molecule has 19 heteroatoms. The normalized spacial score (nSPS) is 49.0. The maximum Gasteiger partial charge on any atom is 0.187 e. The summed E-state index contributed by atoms with van der Waals surface area (Å²) in [6.07, 6.45) is -13.0. The van der Waals surface area contributed by atoms with Crippen LogP contribution in [0.1, 0.15) is 19.3 Å². The van der Waals surface area contributed by atoms with E-state index in [-0.39, 0.29) is 25.6 Å². The topological polar surface area (TPSA) is 324 Å². The largest absolute Gasteiger partial charge is 0.394 e. The second-order valence-electron chi connectivity index (χ2n) is 11.3. The predicted molar refractivity (Wildman–Crippen MR) is 145 cm³/mol. The van der Waals surface area contributed by atoms with Crippen LogP contribution in [0.15, 0.2) is 5.11 Å². The molecule has 3 saturated heterocycles. The smallest absolute Gasteiger partial charge is 0.187 e. The summed E-state index contributed by atoms with van der Waals surface area (Å²) in [4.78, 5) is 2.91. The first-order chi connectivity index (χ1) is 20.6. The molecule has 0 aromatic carbocycles. The minimum atomic E-state index is -1.51. The van der Waals surface area contributed by atoms with Crippen molar-refractivity contribution in [2.24, 2.45) is 33.8 Å². The lowest BCUT2D eigenvalue weighted by molar-refractivity contribution is -0.290. The highest BCUT2D eigenvalue weighted by atomic mass is 16.8. The van der Waals surface area contributed by atoms with Crippen molar-refractivity contribution >= 4 is 0 Å². The first-order valence-electron chi connectivity index (χ1n) is 14.4. The van der Waals surface area contributed by atoms with Crippen molar-refractivity contribution in [2.45, 2.75) is 123 Å². The average molecular weight is 623 g/mol. The van der Waals surface area contributed by atoms with E-state index in [1.807, 2.05) is 0 Å². The van der Waals surface area contributed by atoms with Crippen LogP contribution in [-0.4, -0.2) is 151 Å². The summed E-state index contributed by atoms with van der Waals surface area (Å²) in [5.74, 6) is 0. The molecule has 1 aliphatic carbocycles. The molecule has 0 unspecified atom stereocenters. The number of aliphatic hydroxyl groups is 4. The van der Waals surface area contributed by atoms with Crippen molar-refractivity contribution in [1.82, 2.24) is 0 Å². The number of rotatable bonds is 11. The van der Waals surface area contributed by atoms with E-state index in [1.165, 1.54) is 7.11 Å². The first-order valence-corrected chi connectivity index (χ1v) is 14.4. The molecule has 248 valence electrons. The molecule has 0 spiro atoms. The van der Waals surface area contributed by atoms with Gasteiger partial charge in [-0.2, -0.15) is 0 Å². The summed E-state index contributed by atoms with van der Waals surface area (Å²) < 4.78 is 41.5. The molecule has 17 atom stereocenters. The zero-order valence-corrected chi connectivity index (χ0v) is 23.9. The monoisotopic (exact) mass is 622 g/mol. The Kier molecular flexibility index (Phi) is 12.3. The summed E-state index contributed by atoms with van der Waals surface area (Å²) in [5.41, 5.74) is 39.4. The van der Waals surface area contributed by atoms with Gasteiger partial charge in [0.25, 0.3) is 0 Å². The van der Waals surface area contributed by atoms with Gasteiger partial charge in [-0.1, -0.05) is 5.11 Å². The number of azide groups is 1. The van der Waals surface area contributed by atoms with E-state index in [0.29, 0.717) is 12.8 Å². The quantitative estimate of drug-likeness (QED) is 0.0592. The third kappa shape index (κ3) is 7.40. The van der Waals surface area contributed by atoms with Gasteiger partial charge in [0.1, 0.15) is 54.9 Å². The molecule has 4 fully saturated rings. The van der Waals surface area contributed by atoms with Crippen LogP contribution in [0.5, 0.6) is 0 Å². The first kappa shape index (κ1) is 34.5. The van der Waals surface area contributed by atoms with E-state index in [1.54, 1.807) is 0 Å². The highest BCUT2D eigenvalue weighted by Crippen LogP contribution is 2.35. The van der Waals surface area contributed by atoms with E-state index < -0.39 is 105 Å². The fraction of sp³-hybridized carbons (Fsp3) is 1.00. The molecule has 19 nitrogen and oxygen atoms in total. The van der Waals surface area contributed by atoms with Crippen LogP contribution in [-0.2, 0) is 33.2 Å². The molecule has 43 heavy (non-hydrogen) atoms. The number of methoxy groups -OCH3 is 1. The molecule has 3 heterocycles. The zero-order valence-electron chi connectivity index (χ0n) is 23.9. The van der Waals surface area contributed by atoms with E-state index in [9.17, 15) is 20.4 Å². The Balaban J connectivity index is 1.53. The second kappa shape index (κ2) is 15.3. The Morgan fingerprint density at radius 2 is 1.44 bits per heavy atom. The molecular formula is C24H46N8O11. The van der Waals surface area contributed by atoms with Gasteiger partial charge in [0.2, 0.25) is 0 Å². The van der Waals surface area contributed by atoms with Gasteiger partial charge in [0, 0.05) is 37.2 Å². The summed E-state index contributed by atoms with van der Waals surface area (Å²) in [6.45, 7) is -0.493. The minimum absolute atomic E-state index is 0.136. The number of nitrogens with zero attached hydrogens (tertiary/aromatic N) is 3. The van der Waals surface area contributed by atoms with Gasteiger partial charge in [-0.05, 0) is 24.8 Å². The average Bonchev–Trinajstić information content (AvgIpc) is 3.29. The van der Waals surface area contributed by atoms with Gasteiger partial charge in [-0.15, -0.1) is 0 Å². The fourth-order valence-electron chi connectivity index (χ4n) is 6.08. The van der Waals surface area contributed by atoms with Gasteiger partial charge in [-0.3, -0.25) is 0 Å². The third-order valence-electron chi connectivity index (χ3n) is 8.52.